The summed E-state index contributed by atoms with van der Waals surface area (Å²) in [6.45, 7) is 1.89. The van der Waals surface area contributed by atoms with Crippen molar-refractivity contribution in [3.8, 4) is 0 Å². The fourth-order valence-corrected chi connectivity index (χ4v) is 1.90. The molecule has 7 heteroatoms. The van der Waals surface area contributed by atoms with E-state index in [4.69, 9.17) is 5.73 Å². The zero-order valence-electron chi connectivity index (χ0n) is 11.8. The molecule has 0 saturated carbocycles. The fraction of sp³-hybridized carbons (Fsp3) is 0.500. The summed E-state index contributed by atoms with van der Waals surface area (Å²) in [4.78, 5) is 11.6. The summed E-state index contributed by atoms with van der Waals surface area (Å²) < 4.78 is 42.7. The molecule has 0 radical (unpaired) electrons. The van der Waals surface area contributed by atoms with E-state index in [1.165, 1.54) is 0 Å². The number of aryl methyl sites for hydroxylation is 1. The first kappa shape index (κ1) is 19.7. The van der Waals surface area contributed by atoms with Crippen molar-refractivity contribution < 1.29 is 22.7 Å². The van der Waals surface area contributed by atoms with Crippen LogP contribution in [0.25, 0.3) is 0 Å². The molecule has 0 aliphatic heterocycles. The number of methoxy groups -OCH3 is 1. The maximum absolute atomic E-state index is 13.3. The van der Waals surface area contributed by atoms with Crippen molar-refractivity contribution in [2.24, 2.45) is 11.7 Å². The molecule has 0 heterocycles. The quantitative estimate of drug-likeness (QED) is 0.818. The zero-order valence-corrected chi connectivity index (χ0v) is 12.6. The van der Waals surface area contributed by atoms with Crippen LogP contribution in [0, 0.1) is 12.8 Å². The maximum Gasteiger partial charge on any atom is 0.310 e. The molecule has 0 aromatic heterocycles. The van der Waals surface area contributed by atoms with Gasteiger partial charge >= 0.3 is 5.97 Å². The van der Waals surface area contributed by atoms with Crippen LogP contribution in [0.3, 0.4) is 0 Å². The third-order valence-electron chi connectivity index (χ3n) is 3.15. The summed E-state index contributed by atoms with van der Waals surface area (Å²) in [5, 5.41) is 0. The van der Waals surface area contributed by atoms with Gasteiger partial charge < -0.3 is 10.5 Å². The average Bonchev–Trinajstić information content (AvgIpc) is 2.44. The summed E-state index contributed by atoms with van der Waals surface area (Å²) >= 11 is 0. The van der Waals surface area contributed by atoms with Crippen LogP contribution in [-0.2, 0) is 16.0 Å². The Kier molecular flexibility index (Phi) is 8.36. The lowest BCUT2D eigenvalue weighted by Gasteiger charge is -2.24. The van der Waals surface area contributed by atoms with Gasteiger partial charge in [-0.15, -0.1) is 12.4 Å². The third kappa shape index (κ3) is 5.55. The van der Waals surface area contributed by atoms with E-state index in [0.29, 0.717) is 5.56 Å². The first-order valence-corrected chi connectivity index (χ1v) is 6.18. The highest BCUT2D eigenvalue weighted by molar-refractivity contribution is 5.85. The number of alkyl halides is 3. The van der Waals surface area contributed by atoms with Gasteiger partial charge in [-0.1, -0.05) is 29.8 Å². The van der Waals surface area contributed by atoms with Crippen molar-refractivity contribution >= 4 is 18.4 Å². The van der Waals surface area contributed by atoms with Crippen LogP contribution in [0.4, 0.5) is 13.2 Å². The molecule has 0 amide bonds. The maximum atomic E-state index is 13.3. The van der Waals surface area contributed by atoms with E-state index < -0.39 is 30.5 Å². The van der Waals surface area contributed by atoms with Crippen LogP contribution >= 0.6 is 12.4 Å². The number of ether oxygens (including phenoxy) is 1. The van der Waals surface area contributed by atoms with E-state index in [1.54, 1.807) is 12.1 Å². The first-order chi connectivity index (χ1) is 9.36. The minimum atomic E-state index is -3.23. The lowest BCUT2D eigenvalue weighted by atomic mass is 9.89. The number of rotatable bonds is 6. The smallest absolute Gasteiger partial charge is 0.310 e. The molecule has 0 fully saturated rings. The second kappa shape index (κ2) is 8.89. The van der Waals surface area contributed by atoms with Gasteiger partial charge in [0.1, 0.15) is 0 Å². The van der Waals surface area contributed by atoms with Crippen LogP contribution in [0.1, 0.15) is 11.1 Å². The number of benzene rings is 1. The Hall–Kier alpha value is -1.27. The summed E-state index contributed by atoms with van der Waals surface area (Å²) in [5.41, 5.74) is 7.19. The zero-order chi connectivity index (χ0) is 15.3. The van der Waals surface area contributed by atoms with Crippen molar-refractivity contribution in [1.82, 2.24) is 0 Å². The number of esters is 1. The molecule has 0 spiro atoms. The normalized spacial score (nSPS) is 15.0. The molecule has 2 N–H and O–H groups in total. The Bertz CT molecular complexity index is 442. The molecule has 0 aliphatic carbocycles. The van der Waals surface area contributed by atoms with Crippen molar-refractivity contribution in [3.63, 3.8) is 0 Å². The van der Waals surface area contributed by atoms with Gasteiger partial charge in [0.25, 0.3) is 6.43 Å². The number of halogens is 4. The molecule has 0 bridgehead atoms. The molecule has 21 heavy (non-hydrogen) atoms. The van der Waals surface area contributed by atoms with Crippen molar-refractivity contribution in [1.29, 1.82) is 0 Å². The first-order valence-electron chi connectivity index (χ1n) is 6.18. The van der Waals surface area contributed by atoms with E-state index in [-0.39, 0.29) is 18.8 Å². The third-order valence-corrected chi connectivity index (χ3v) is 3.15. The number of nitrogens with two attached hydrogens (primary N) is 1. The van der Waals surface area contributed by atoms with Gasteiger partial charge in [0.05, 0.1) is 19.1 Å². The van der Waals surface area contributed by atoms with E-state index in [1.807, 2.05) is 19.1 Å². The van der Waals surface area contributed by atoms with Crippen molar-refractivity contribution in [3.05, 3.63) is 35.4 Å². The predicted molar refractivity (Wildman–Crippen MR) is 76.5 cm³/mol. The summed E-state index contributed by atoms with van der Waals surface area (Å²) in [6.07, 6.45) is -5.74. The molecule has 3 nitrogen and oxygen atoms in total. The molecule has 0 aliphatic rings. The van der Waals surface area contributed by atoms with Crippen molar-refractivity contribution in [2.45, 2.75) is 32.0 Å². The highest BCUT2D eigenvalue weighted by Gasteiger charge is 2.37. The molecular weight excluding hydrogens is 307 g/mol. The van der Waals surface area contributed by atoms with Gasteiger partial charge in [-0.05, 0) is 18.9 Å². The number of carbonyl (C=O) groups is 1. The van der Waals surface area contributed by atoms with Crippen LogP contribution in [0.15, 0.2) is 24.3 Å². The minimum Gasteiger partial charge on any atom is -0.469 e. The fourth-order valence-electron chi connectivity index (χ4n) is 1.90. The molecular formula is C14H19ClF3NO2. The summed E-state index contributed by atoms with van der Waals surface area (Å²) in [5.74, 6) is -1.94. The lowest BCUT2D eigenvalue weighted by molar-refractivity contribution is -0.147. The van der Waals surface area contributed by atoms with Crippen LogP contribution in [0.2, 0.25) is 0 Å². The molecule has 1 rings (SSSR count). The summed E-state index contributed by atoms with van der Waals surface area (Å²) in [7, 11) is 1.12. The average molecular weight is 326 g/mol. The molecule has 1 aromatic carbocycles. The SMILES string of the molecule is COC(=O)C(Cc1ccc(C)cc1)C(N)C(F)C(F)F.Cl. The molecule has 0 saturated heterocycles. The van der Waals surface area contributed by atoms with Gasteiger partial charge in [0.15, 0.2) is 6.17 Å². The number of carbonyl (C=O) groups excluding carboxylic acids is 1. The molecule has 3 unspecified atom stereocenters. The number of hydrogen-bond acceptors (Lipinski definition) is 3. The monoisotopic (exact) mass is 325 g/mol. The topological polar surface area (TPSA) is 52.3 Å². The van der Waals surface area contributed by atoms with Crippen molar-refractivity contribution in [2.75, 3.05) is 7.11 Å². The van der Waals surface area contributed by atoms with E-state index in [0.717, 1.165) is 12.7 Å². The van der Waals surface area contributed by atoms with Crippen LogP contribution in [0.5, 0.6) is 0 Å². The Balaban J connectivity index is 0.00000400. The Morgan fingerprint density at radius 1 is 1.24 bits per heavy atom. The highest BCUT2D eigenvalue weighted by Crippen LogP contribution is 2.20. The van der Waals surface area contributed by atoms with E-state index in [2.05, 4.69) is 4.74 Å². The summed E-state index contributed by atoms with van der Waals surface area (Å²) in [6, 6.07) is 5.51. The van der Waals surface area contributed by atoms with Gasteiger partial charge in [0, 0.05) is 0 Å². The van der Waals surface area contributed by atoms with Crippen LogP contribution in [-0.4, -0.2) is 31.7 Å². The van der Waals surface area contributed by atoms with Gasteiger partial charge in [-0.2, -0.15) is 0 Å². The van der Waals surface area contributed by atoms with E-state index >= 15 is 0 Å². The second-order valence-corrected chi connectivity index (χ2v) is 4.68. The highest BCUT2D eigenvalue weighted by atomic mass is 35.5. The molecule has 1 aromatic rings. The van der Waals surface area contributed by atoms with Crippen LogP contribution < -0.4 is 5.73 Å². The van der Waals surface area contributed by atoms with Gasteiger partial charge in [0.2, 0.25) is 0 Å². The largest absolute Gasteiger partial charge is 0.469 e. The molecule has 120 valence electrons. The lowest BCUT2D eigenvalue weighted by Crippen LogP contribution is -2.47. The van der Waals surface area contributed by atoms with Gasteiger partial charge in [-0.3, -0.25) is 4.79 Å². The molecule has 3 atom stereocenters. The van der Waals surface area contributed by atoms with E-state index in [9.17, 15) is 18.0 Å². The Morgan fingerprint density at radius 3 is 2.19 bits per heavy atom. The second-order valence-electron chi connectivity index (χ2n) is 4.68. The standard InChI is InChI=1S/C14H18F3NO2.ClH/c1-8-3-5-9(6-4-8)7-10(14(19)20-2)12(18)11(15)13(16)17;/h3-6,10-13H,7,18H2,1-2H3;1H. The Morgan fingerprint density at radius 2 is 1.76 bits per heavy atom. The number of hydrogen-bond donors (Lipinski definition) is 1. The van der Waals surface area contributed by atoms with Gasteiger partial charge in [-0.25, -0.2) is 13.2 Å². The predicted octanol–water partition coefficient (Wildman–Crippen LogP) is 2.68. The minimum absolute atomic E-state index is 0. The Labute approximate surface area is 128 Å².